The largest absolute Gasteiger partial charge is 0.465 e. The molecule has 0 saturated carbocycles. The van der Waals surface area contributed by atoms with Crippen LogP contribution in [0.15, 0.2) is 53.1 Å². The highest BCUT2D eigenvalue weighted by Crippen LogP contribution is 2.35. The van der Waals surface area contributed by atoms with E-state index in [1.165, 1.54) is 6.26 Å². The number of aliphatic hydroxyl groups is 1. The molecule has 0 spiro atoms. The maximum atomic E-state index is 13.0. The Balaban J connectivity index is 1.63. The fourth-order valence-corrected chi connectivity index (χ4v) is 3.79. The van der Waals surface area contributed by atoms with E-state index in [0.29, 0.717) is 11.5 Å². The van der Waals surface area contributed by atoms with Gasteiger partial charge in [-0.2, -0.15) is 0 Å². The highest BCUT2D eigenvalue weighted by molar-refractivity contribution is 5.84. The molecule has 0 amide bonds. The zero-order valence-electron chi connectivity index (χ0n) is 13.4. The molecule has 1 N–H and O–H groups in total. The van der Waals surface area contributed by atoms with Crippen LogP contribution in [0.2, 0.25) is 0 Å². The molecule has 4 heterocycles. The van der Waals surface area contributed by atoms with Gasteiger partial charge in [0.2, 0.25) is 5.60 Å². The van der Waals surface area contributed by atoms with Gasteiger partial charge in [0.25, 0.3) is 0 Å². The average molecular weight is 327 g/mol. The highest BCUT2D eigenvalue weighted by Gasteiger charge is 2.47. The van der Waals surface area contributed by atoms with Crippen LogP contribution in [-0.2, 0) is 15.1 Å². The van der Waals surface area contributed by atoms with Crippen molar-refractivity contribution in [1.82, 2.24) is 4.90 Å². The van der Waals surface area contributed by atoms with E-state index in [1.54, 1.807) is 36.4 Å². The number of furan rings is 1. The van der Waals surface area contributed by atoms with Gasteiger partial charge in [-0.05, 0) is 44.0 Å². The smallest absolute Gasteiger partial charge is 0.351 e. The van der Waals surface area contributed by atoms with Gasteiger partial charge in [-0.3, -0.25) is 4.90 Å². The van der Waals surface area contributed by atoms with Crippen LogP contribution in [0.5, 0.6) is 0 Å². The lowest BCUT2D eigenvalue weighted by atomic mass is 9.85. The summed E-state index contributed by atoms with van der Waals surface area (Å²) in [5.74, 6) is -0.0991. The molecule has 5 nitrogen and oxygen atoms in total. The molecular weight excluding hydrogens is 306 g/mol. The Bertz CT molecular complexity index is 691. The molecule has 2 aromatic rings. The standard InChI is InChI=1S/C19H21NO4/c21-18(24-16-13-20-10-8-14(16)9-11-20)19(22,17-7-4-12-23-17)15-5-2-1-3-6-15/h1-7,12,14,16,22H,8-11,13H2/t16-,19-/m0/s1. The summed E-state index contributed by atoms with van der Waals surface area (Å²) in [5.41, 5.74) is -1.47. The van der Waals surface area contributed by atoms with Gasteiger partial charge in [0.1, 0.15) is 6.10 Å². The van der Waals surface area contributed by atoms with Gasteiger partial charge in [-0.15, -0.1) is 0 Å². The quantitative estimate of drug-likeness (QED) is 0.872. The van der Waals surface area contributed by atoms with Crippen molar-refractivity contribution in [3.8, 4) is 0 Å². The van der Waals surface area contributed by atoms with Crippen molar-refractivity contribution in [2.75, 3.05) is 19.6 Å². The zero-order chi connectivity index (χ0) is 16.6. The normalized spacial score (nSPS) is 28.3. The molecule has 5 rings (SSSR count). The van der Waals surface area contributed by atoms with Crippen LogP contribution in [0.4, 0.5) is 0 Å². The van der Waals surface area contributed by atoms with E-state index in [0.717, 1.165) is 32.5 Å². The summed E-state index contributed by atoms with van der Waals surface area (Å²) in [6.07, 6.45) is 3.38. The Kier molecular flexibility index (Phi) is 3.90. The molecule has 3 aliphatic rings. The third-order valence-corrected chi connectivity index (χ3v) is 5.22. The Hall–Kier alpha value is -2.11. The first-order valence-corrected chi connectivity index (χ1v) is 8.43. The molecule has 2 bridgehead atoms. The topological polar surface area (TPSA) is 62.9 Å². The third kappa shape index (κ3) is 2.54. The van der Waals surface area contributed by atoms with Crippen LogP contribution >= 0.6 is 0 Å². The number of carbonyl (C=O) groups excluding carboxylic acids is 1. The van der Waals surface area contributed by atoms with E-state index in [9.17, 15) is 9.90 Å². The van der Waals surface area contributed by atoms with Crippen molar-refractivity contribution in [2.45, 2.75) is 24.5 Å². The predicted molar refractivity (Wildman–Crippen MR) is 87.2 cm³/mol. The number of piperidine rings is 3. The molecule has 1 aromatic carbocycles. The Morgan fingerprint density at radius 1 is 1.17 bits per heavy atom. The van der Waals surface area contributed by atoms with E-state index in [1.807, 2.05) is 6.07 Å². The van der Waals surface area contributed by atoms with Crippen LogP contribution in [0.1, 0.15) is 24.2 Å². The summed E-state index contributed by atoms with van der Waals surface area (Å²) in [4.78, 5) is 15.3. The average Bonchev–Trinajstić information content (AvgIpc) is 3.18. The Morgan fingerprint density at radius 3 is 2.50 bits per heavy atom. The zero-order valence-corrected chi connectivity index (χ0v) is 13.4. The number of hydrogen-bond acceptors (Lipinski definition) is 5. The highest BCUT2D eigenvalue weighted by atomic mass is 16.6. The van der Waals surface area contributed by atoms with Crippen molar-refractivity contribution >= 4 is 5.97 Å². The minimum absolute atomic E-state index is 0.162. The van der Waals surface area contributed by atoms with E-state index in [2.05, 4.69) is 4.90 Å². The van der Waals surface area contributed by atoms with Crippen LogP contribution < -0.4 is 0 Å². The monoisotopic (exact) mass is 327 g/mol. The maximum absolute atomic E-state index is 13.0. The van der Waals surface area contributed by atoms with E-state index in [-0.39, 0.29) is 11.9 Å². The van der Waals surface area contributed by atoms with Crippen LogP contribution in [0.3, 0.4) is 0 Å². The summed E-state index contributed by atoms with van der Waals surface area (Å²) in [5, 5.41) is 11.2. The third-order valence-electron chi connectivity index (χ3n) is 5.22. The summed E-state index contributed by atoms with van der Waals surface area (Å²) >= 11 is 0. The molecule has 24 heavy (non-hydrogen) atoms. The van der Waals surface area contributed by atoms with Crippen molar-refractivity contribution in [3.05, 3.63) is 60.1 Å². The summed E-state index contributed by atoms with van der Waals surface area (Å²) in [6.45, 7) is 2.89. The van der Waals surface area contributed by atoms with Crippen molar-refractivity contribution in [3.63, 3.8) is 0 Å². The van der Waals surface area contributed by atoms with Crippen molar-refractivity contribution in [1.29, 1.82) is 0 Å². The van der Waals surface area contributed by atoms with Gasteiger partial charge in [-0.25, -0.2) is 4.79 Å². The molecule has 5 heteroatoms. The van der Waals surface area contributed by atoms with E-state index < -0.39 is 11.6 Å². The lowest BCUT2D eigenvalue weighted by molar-refractivity contribution is -0.178. The summed E-state index contributed by atoms with van der Waals surface area (Å²) < 4.78 is 11.1. The van der Waals surface area contributed by atoms with Gasteiger partial charge in [-0.1, -0.05) is 30.3 Å². The number of rotatable bonds is 4. The van der Waals surface area contributed by atoms with Gasteiger partial charge in [0.05, 0.1) is 6.26 Å². The van der Waals surface area contributed by atoms with Crippen molar-refractivity contribution in [2.24, 2.45) is 5.92 Å². The number of carbonyl (C=O) groups is 1. The molecular formula is C19H21NO4. The minimum Gasteiger partial charge on any atom is -0.465 e. The van der Waals surface area contributed by atoms with E-state index in [4.69, 9.17) is 9.15 Å². The molecule has 0 aliphatic carbocycles. The van der Waals surface area contributed by atoms with E-state index >= 15 is 0 Å². The number of esters is 1. The van der Waals surface area contributed by atoms with Gasteiger partial charge in [0.15, 0.2) is 5.76 Å². The molecule has 0 radical (unpaired) electrons. The first-order chi connectivity index (χ1) is 11.7. The van der Waals surface area contributed by atoms with Gasteiger partial charge < -0.3 is 14.3 Å². The van der Waals surface area contributed by atoms with Gasteiger partial charge >= 0.3 is 5.97 Å². The number of benzene rings is 1. The number of nitrogens with zero attached hydrogens (tertiary/aromatic N) is 1. The molecule has 3 saturated heterocycles. The summed E-state index contributed by atoms with van der Waals surface area (Å²) in [7, 11) is 0. The van der Waals surface area contributed by atoms with Crippen LogP contribution in [0.25, 0.3) is 0 Å². The van der Waals surface area contributed by atoms with Crippen LogP contribution in [-0.4, -0.2) is 41.7 Å². The second kappa shape index (κ2) is 6.07. The first kappa shape index (κ1) is 15.4. The predicted octanol–water partition coefficient (Wildman–Crippen LogP) is 2.15. The van der Waals surface area contributed by atoms with Crippen LogP contribution in [0, 0.1) is 5.92 Å². The lowest BCUT2D eigenvalue weighted by Crippen LogP contribution is -2.53. The molecule has 3 fully saturated rings. The Labute approximate surface area is 140 Å². The molecule has 2 atom stereocenters. The molecule has 0 unspecified atom stereocenters. The number of ether oxygens (including phenoxy) is 1. The first-order valence-electron chi connectivity index (χ1n) is 8.43. The maximum Gasteiger partial charge on any atom is 0.351 e. The Morgan fingerprint density at radius 2 is 1.92 bits per heavy atom. The SMILES string of the molecule is O=C(O[C@H]1CN2CCC1CC2)[C@](O)(c1ccccc1)c1ccco1. The summed E-state index contributed by atoms with van der Waals surface area (Å²) in [6, 6.07) is 12.1. The molecule has 126 valence electrons. The van der Waals surface area contributed by atoms with Gasteiger partial charge in [0, 0.05) is 12.1 Å². The number of hydrogen-bond donors (Lipinski definition) is 1. The second-order valence-electron chi connectivity index (χ2n) is 6.64. The fourth-order valence-electron chi connectivity index (χ4n) is 3.79. The minimum atomic E-state index is -1.92. The van der Waals surface area contributed by atoms with Crippen molar-refractivity contribution < 1.29 is 19.1 Å². The fraction of sp³-hybridized carbons (Fsp3) is 0.421. The second-order valence-corrected chi connectivity index (χ2v) is 6.64. The molecule has 3 aliphatic heterocycles. The molecule has 1 aromatic heterocycles. The lowest BCUT2D eigenvalue weighted by Gasteiger charge is -2.44. The number of fused-ring (bicyclic) bond motifs is 3.